The summed E-state index contributed by atoms with van der Waals surface area (Å²) in [5.74, 6) is -1.24. The number of guanidine groups is 1. The van der Waals surface area contributed by atoms with Gasteiger partial charge in [0.15, 0.2) is 5.96 Å². The van der Waals surface area contributed by atoms with Crippen LogP contribution in [-0.4, -0.2) is 46.4 Å². The Kier molecular flexibility index (Phi) is 6.83. The number of amides is 2. The van der Waals surface area contributed by atoms with Crippen LogP contribution in [0.1, 0.15) is 18.5 Å². The summed E-state index contributed by atoms with van der Waals surface area (Å²) >= 11 is 0. The van der Waals surface area contributed by atoms with Gasteiger partial charge in [-0.2, -0.15) is 0 Å². The van der Waals surface area contributed by atoms with E-state index >= 15 is 0 Å². The lowest BCUT2D eigenvalue weighted by Crippen LogP contribution is -2.51. The van der Waals surface area contributed by atoms with Gasteiger partial charge in [-0.3, -0.25) is 15.0 Å². The van der Waals surface area contributed by atoms with Crippen molar-refractivity contribution in [3.05, 3.63) is 18.2 Å². The number of aromatic amines is 1. The van der Waals surface area contributed by atoms with Crippen molar-refractivity contribution in [1.82, 2.24) is 20.6 Å². The molecule has 1 aromatic heterocycles. The summed E-state index contributed by atoms with van der Waals surface area (Å²) in [7, 11) is 0. The largest absolute Gasteiger partial charge is 0.370 e. The summed E-state index contributed by atoms with van der Waals surface area (Å²) in [5.41, 5.74) is 16.8. The number of primary amides is 1. The van der Waals surface area contributed by atoms with Crippen LogP contribution in [0.25, 0.3) is 0 Å². The van der Waals surface area contributed by atoms with Gasteiger partial charge in [0.25, 0.3) is 0 Å². The van der Waals surface area contributed by atoms with Crippen molar-refractivity contribution in [2.45, 2.75) is 31.3 Å². The smallest absolute Gasteiger partial charge is 0.240 e. The lowest BCUT2D eigenvalue weighted by Gasteiger charge is -2.18. The first-order valence-corrected chi connectivity index (χ1v) is 6.81. The molecule has 2 atom stereocenters. The lowest BCUT2D eigenvalue weighted by atomic mass is 10.1. The van der Waals surface area contributed by atoms with Gasteiger partial charge in [-0.1, -0.05) is 0 Å². The molecule has 10 N–H and O–H groups in total. The summed E-state index contributed by atoms with van der Waals surface area (Å²) in [6.07, 6.45) is 4.25. The van der Waals surface area contributed by atoms with E-state index in [1.54, 1.807) is 6.20 Å². The van der Waals surface area contributed by atoms with Crippen LogP contribution in [0.2, 0.25) is 0 Å². The van der Waals surface area contributed by atoms with E-state index in [1.165, 1.54) is 6.33 Å². The fourth-order valence-electron chi connectivity index (χ4n) is 1.79. The number of aromatic nitrogens is 2. The predicted molar refractivity (Wildman–Crippen MR) is 80.5 cm³/mol. The van der Waals surface area contributed by atoms with E-state index < -0.39 is 23.9 Å². The number of imidazole rings is 1. The molecular weight excluding hydrogens is 288 g/mol. The maximum atomic E-state index is 12.0. The van der Waals surface area contributed by atoms with Crippen molar-refractivity contribution < 1.29 is 9.59 Å². The van der Waals surface area contributed by atoms with E-state index in [4.69, 9.17) is 22.6 Å². The Hall–Kier alpha value is -2.62. The van der Waals surface area contributed by atoms with Gasteiger partial charge in [-0.25, -0.2) is 4.98 Å². The maximum Gasteiger partial charge on any atom is 0.240 e. The van der Waals surface area contributed by atoms with Crippen molar-refractivity contribution in [2.24, 2.45) is 17.2 Å². The molecular formula is C12H22N8O2. The Labute approximate surface area is 127 Å². The minimum Gasteiger partial charge on any atom is -0.370 e. The Morgan fingerprint density at radius 3 is 2.68 bits per heavy atom. The molecule has 122 valence electrons. The highest BCUT2D eigenvalue weighted by Gasteiger charge is 2.22. The van der Waals surface area contributed by atoms with E-state index in [0.29, 0.717) is 25.1 Å². The number of carbonyl (C=O) groups excluding carboxylic acids is 2. The third-order valence-electron chi connectivity index (χ3n) is 2.97. The SMILES string of the molecule is N=C(N)NCCC[C@H](N)C(=O)N[C@@H](Cc1c[nH]cn1)C(N)=O. The molecule has 1 rings (SSSR count). The molecule has 0 saturated carbocycles. The maximum absolute atomic E-state index is 12.0. The molecule has 0 bridgehead atoms. The average Bonchev–Trinajstić information content (AvgIpc) is 2.95. The summed E-state index contributed by atoms with van der Waals surface area (Å²) < 4.78 is 0. The van der Waals surface area contributed by atoms with Crippen LogP contribution in [-0.2, 0) is 16.0 Å². The number of carbonyl (C=O) groups is 2. The standard InChI is InChI=1S/C12H22N8O2/c13-8(2-1-3-18-12(15)16)11(22)20-9(10(14)21)4-7-5-17-6-19-7/h5-6,8-9H,1-4,13H2,(H2,14,21)(H,17,19)(H,20,22)(H4,15,16,18)/t8-,9-/m0/s1. The van der Waals surface area contributed by atoms with Crippen LogP contribution in [0, 0.1) is 5.41 Å². The van der Waals surface area contributed by atoms with Crippen molar-refractivity contribution >= 4 is 17.8 Å². The number of rotatable bonds is 9. The zero-order chi connectivity index (χ0) is 16.5. The highest BCUT2D eigenvalue weighted by molar-refractivity contribution is 5.89. The Morgan fingerprint density at radius 2 is 2.14 bits per heavy atom. The minimum absolute atomic E-state index is 0.134. The van der Waals surface area contributed by atoms with E-state index in [9.17, 15) is 9.59 Å². The van der Waals surface area contributed by atoms with Gasteiger partial charge >= 0.3 is 0 Å². The second-order valence-electron chi connectivity index (χ2n) is 4.82. The van der Waals surface area contributed by atoms with E-state index in [1.807, 2.05) is 0 Å². The van der Waals surface area contributed by atoms with Gasteiger partial charge in [-0.15, -0.1) is 0 Å². The first kappa shape index (κ1) is 17.4. The third kappa shape index (κ3) is 6.22. The highest BCUT2D eigenvalue weighted by atomic mass is 16.2. The predicted octanol–water partition coefficient (Wildman–Crippen LogP) is -2.49. The average molecular weight is 310 g/mol. The van der Waals surface area contributed by atoms with Crippen molar-refractivity contribution in [1.29, 1.82) is 5.41 Å². The van der Waals surface area contributed by atoms with Crippen LogP contribution in [0.5, 0.6) is 0 Å². The fraction of sp³-hybridized carbons (Fsp3) is 0.500. The van der Waals surface area contributed by atoms with E-state index in [0.717, 1.165) is 0 Å². The van der Waals surface area contributed by atoms with Crippen molar-refractivity contribution in [3.63, 3.8) is 0 Å². The molecule has 0 fully saturated rings. The summed E-state index contributed by atoms with van der Waals surface area (Å²) in [5, 5.41) is 12.1. The summed E-state index contributed by atoms with van der Waals surface area (Å²) in [6.45, 7) is 0.447. The molecule has 0 spiro atoms. The molecule has 10 nitrogen and oxygen atoms in total. The second kappa shape index (κ2) is 8.62. The molecule has 10 heteroatoms. The van der Waals surface area contributed by atoms with Gasteiger partial charge < -0.3 is 32.8 Å². The van der Waals surface area contributed by atoms with Crippen LogP contribution in [0.4, 0.5) is 0 Å². The zero-order valence-corrected chi connectivity index (χ0v) is 12.1. The molecule has 0 saturated heterocycles. The first-order valence-electron chi connectivity index (χ1n) is 6.81. The van der Waals surface area contributed by atoms with Gasteiger partial charge in [-0.05, 0) is 12.8 Å². The number of H-pyrrole nitrogens is 1. The number of hydrogen-bond acceptors (Lipinski definition) is 5. The Bertz CT molecular complexity index is 501. The van der Waals surface area contributed by atoms with Gasteiger partial charge in [0, 0.05) is 19.2 Å². The first-order chi connectivity index (χ1) is 10.4. The third-order valence-corrected chi connectivity index (χ3v) is 2.97. The van der Waals surface area contributed by atoms with Crippen LogP contribution in [0.15, 0.2) is 12.5 Å². The molecule has 0 aliphatic carbocycles. The Balaban J connectivity index is 2.41. The number of nitrogens with two attached hydrogens (primary N) is 3. The number of nitrogens with one attached hydrogen (secondary N) is 4. The molecule has 1 aromatic rings. The molecule has 0 unspecified atom stereocenters. The monoisotopic (exact) mass is 310 g/mol. The molecule has 0 aromatic carbocycles. The minimum atomic E-state index is -0.864. The normalized spacial score (nSPS) is 13.1. The van der Waals surface area contributed by atoms with Gasteiger partial charge in [0.05, 0.1) is 18.1 Å². The van der Waals surface area contributed by atoms with Crippen LogP contribution >= 0.6 is 0 Å². The molecule has 1 heterocycles. The van der Waals surface area contributed by atoms with E-state index in [-0.39, 0.29) is 12.4 Å². The quantitative estimate of drug-likeness (QED) is 0.150. The molecule has 0 aliphatic rings. The molecule has 0 aliphatic heterocycles. The number of nitrogens with zero attached hydrogens (tertiary/aromatic N) is 1. The molecule has 22 heavy (non-hydrogen) atoms. The summed E-state index contributed by atoms with van der Waals surface area (Å²) in [4.78, 5) is 30.1. The zero-order valence-electron chi connectivity index (χ0n) is 12.1. The fourth-order valence-corrected chi connectivity index (χ4v) is 1.79. The van der Waals surface area contributed by atoms with Gasteiger partial charge in [0.1, 0.15) is 6.04 Å². The Morgan fingerprint density at radius 1 is 1.41 bits per heavy atom. The topological polar surface area (TPSA) is 189 Å². The summed E-state index contributed by atoms with van der Waals surface area (Å²) in [6, 6.07) is -1.63. The van der Waals surface area contributed by atoms with Crippen LogP contribution in [0.3, 0.4) is 0 Å². The molecule has 2 amide bonds. The lowest BCUT2D eigenvalue weighted by molar-refractivity contribution is -0.128. The van der Waals surface area contributed by atoms with Gasteiger partial charge in [0.2, 0.25) is 11.8 Å². The molecule has 0 radical (unpaired) electrons. The van der Waals surface area contributed by atoms with Crippen molar-refractivity contribution in [3.8, 4) is 0 Å². The second-order valence-corrected chi connectivity index (χ2v) is 4.82. The highest BCUT2D eigenvalue weighted by Crippen LogP contribution is 2.00. The van der Waals surface area contributed by atoms with E-state index in [2.05, 4.69) is 20.6 Å². The van der Waals surface area contributed by atoms with Crippen LogP contribution < -0.4 is 27.8 Å². The van der Waals surface area contributed by atoms with Crippen molar-refractivity contribution in [2.75, 3.05) is 6.54 Å². The number of hydrogen-bond donors (Lipinski definition) is 7.